The van der Waals surface area contributed by atoms with Gasteiger partial charge in [-0.1, -0.05) is 18.2 Å². The van der Waals surface area contributed by atoms with Gasteiger partial charge >= 0.3 is 0 Å². The summed E-state index contributed by atoms with van der Waals surface area (Å²) in [5.41, 5.74) is 1.79. The molecule has 3 amide bonds. The quantitative estimate of drug-likeness (QED) is 0.723. The Bertz CT molecular complexity index is 1130. The van der Waals surface area contributed by atoms with Crippen LogP contribution in [0.4, 0.5) is 5.69 Å². The maximum Gasteiger partial charge on any atom is 0.264 e. The molecule has 2 aromatic carbocycles. The van der Waals surface area contributed by atoms with Crippen LogP contribution in [0.2, 0.25) is 0 Å². The standard InChI is InChI=1S/C24H25N3O6/c1-31-18-10-9-16-20(21(18)32-2)24(30)27-17-8-4-3-7-15(17)23(29)26(22(16)27)13-19(28)25-12-14-6-5-11-33-14/h3-4,7-10,14,22H,5-6,11-13H2,1-2H3,(H,25,28)/t14-,22+/m0/s1. The van der Waals surface area contributed by atoms with E-state index < -0.39 is 6.17 Å². The fraction of sp³-hybridized carbons (Fsp3) is 0.375. The van der Waals surface area contributed by atoms with E-state index in [0.29, 0.717) is 47.0 Å². The zero-order valence-electron chi connectivity index (χ0n) is 18.5. The van der Waals surface area contributed by atoms with Crippen molar-refractivity contribution in [3.8, 4) is 11.5 Å². The predicted molar refractivity (Wildman–Crippen MR) is 119 cm³/mol. The summed E-state index contributed by atoms with van der Waals surface area (Å²) in [6, 6.07) is 10.4. The Morgan fingerprint density at radius 3 is 2.67 bits per heavy atom. The van der Waals surface area contributed by atoms with Gasteiger partial charge in [0.2, 0.25) is 5.91 Å². The average molecular weight is 451 g/mol. The van der Waals surface area contributed by atoms with Crippen molar-refractivity contribution in [3.05, 3.63) is 53.1 Å². The summed E-state index contributed by atoms with van der Waals surface area (Å²) in [6.45, 7) is 0.900. The van der Waals surface area contributed by atoms with Crippen molar-refractivity contribution in [2.24, 2.45) is 0 Å². The molecule has 172 valence electrons. The third-order valence-electron chi connectivity index (χ3n) is 6.35. The summed E-state index contributed by atoms with van der Waals surface area (Å²) < 4.78 is 16.5. The smallest absolute Gasteiger partial charge is 0.264 e. The van der Waals surface area contributed by atoms with Crippen LogP contribution in [0.15, 0.2) is 36.4 Å². The number of nitrogens with zero attached hydrogens (tertiary/aromatic N) is 2. The minimum absolute atomic E-state index is 0.00579. The number of ether oxygens (including phenoxy) is 3. The summed E-state index contributed by atoms with van der Waals surface area (Å²) >= 11 is 0. The zero-order chi connectivity index (χ0) is 23.1. The van der Waals surface area contributed by atoms with Gasteiger partial charge in [0, 0.05) is 18.7 Å². The topological polar surface area (TPSA) is 97.4 Å². The number of amides is 3. The Balaban J connectivity index is 1.53. The molecule has 9 heteroatoms. The number of benzene rings is 2. The second-order valence-electron chi connectivity index (χ2n) is 8.20. The summed E-state index contributed by atoms with van der Waals surface area (Å²) in [7, 11) is 2.97. The van der Waals surface area contributed by atoms with E-state index in [4.69, 9.17) is 14.2 Å². The maximum atomic E-state index is 13.6. The van der Waals surface area contributed by atoms with Crippen LogP contribution in [-0.4, -0.2) is 62.6 Å². The summed E-state index contributed by atoms with van der Waals surface area (Å²) in [6.07, 6.45) is 1.11. The minimum Gasteiger partial charge on any atom is -0.493 e. The number of anilines is 1. The van der Waals surface area contributed by atoms with Crippen molar-refractivity contribution in [1.29, 1.82) is 0 Å². The van der Waals surface area contributed by atoms with Crippen LogP contribution in [0.1, 0.15) is 45.3 Å². The van der Waals surface area contributed by atoms with Crippen LogP contribution >= 0.6 is 0 Å². The second-order valence-corrected chi connectivity index (χ2v) is 8.20. The van der Waals surface area contributed by atoms with Gasteiger partial charge < -0.3 is 24.4 Å². The number of fused-ring (bicyclic) bond motifs is 5. The van der Waals surface area contributed by atoms with Crippen molar-refractivity contribution < 1.29 is 28.6 Å². The van der Waals surface area contributed by atoms with Crippen LogP contribution in [0, 0.1) is 0 Å². The van der Waals surface area contributed by atoms with Gasteiger partial charge in [-0.2, -0.15) is 0 Å². The SMILES string of the molecule is COc1ccc2c(c1OC)C(=O)N1c3ccccc3C(=O)N(CC(=O)NC[C@@H]3CCCO3)[C@@H]21. The number of carbonyl (C=O) groups is 3. The molecule has 1 saturated heterocycles. The van der Waals surface area contributed by atoms with Gasteiger partial charge in [-0.3, -0.25) is 19.3 Å². The third-order valence-corrected chi connectivity index (χ3v) is 6.35. The van der Waals surface area contributed by atoms with E-state index in [9.17, 15) is 14.4 Å². The van der Waals surface area contributed by atoms with Gasteiger partial charge in [-0.15, -0.1) is 0 Å². The van der Waals surface area contributed by atoms with E-state index in [0.717, 1.165) is 12.8 Å². The van der Waals surface area contributed by atoms with Gasteiger partial charge in [0.05, 0.1) is 37.1 Å². The monoisotopic (exact) mass is 451 g/mol. The first-order valence-electron chi connectivity index (χ1n) is 10.9. The number of rotatable bonds is 6. The first-order chi connectivity index (χ1) is 16.0. The normalized spacial score (nSPS) is 20.9. The van der Waals surface area contributed by atoms with E-state index in [1.54, 1.807) is 41.3 Å². The van der Waals surface area contributed by atoms with Crippen molar-refractivity contribution in [3.63, 3.8) is 0 Å². The molecule has 1 N–H and O–H groups in total. The third kappa shape index (κ3) is 3.39. The van der Waals surface area contributed by atoms with Gasteiger partial charge in [-0.25, -0.2) is 0 Å². The predicted octanol–water partition coefficient (Wildman–Crippen LogP) is 2.11. The first-order valence-corrected chi connectivity index (χ1v) is 10.9. The number of nitrogens with one attached hydrogen (secondary N) is 1. The van der Waals surface area contributed by atoms with Crippen LogP contribution < -0.4 is 19.7 Å². The molecule has 5 rings (SSSR count). The number of hydrogen-bond donors (Lipinski definition) is 1. The zero-order valence-corrected chi connectivity index (χ0v) is 18.5. The fourth-order valence-corrected chi connectivity index (χ4v) is 4.83. The van der Waals surface area contributed by atoms with Gasteiger partial charge in [0.1, 0.15) is 12.7 Å². The van der Waals surface area contributed by atoms with Crippen molar-refractivity contribution in [2.45, 2.75) is 25.1 Å². The Labute approximate surface area is 191 Å². The Morgan fingerprint density at radius 2 is 1.94 bits per heavy atom. The molecule has 0 bridgehead atoms. The molecule has 3 heterocycles. The van der Waals surface area contributed by atoms with Crippen LogP contribution in [0.25, 0.3) is 0 Å². The second kappa shape index (κ2) is 8.40. The number of carbonyl (C=O) groups excluding carboxylic acids is 3. The highest BCUT2D eigenvalue weighted by molar-refractivity contribution is 6.18. The molecule has 0 aromatic heterocycles. The molecule has 0 spiro atoms. The highest BCUT2D eigenvalue weighted by Gasteiger charge is 2.50. The van der Waals surface area contributed by atoms with Gasteiger partial charge in [0.25, 0.3) is 11.8 Å². The lowest BCUT2D eigenvalue weighted by atomic mass is 10.0. The maximum absolute atomic E-state index is 13.6. The Hall–Kier alpha value is -3.59. The molecule has 33 heavy (non-hydrogen) atoms. The largest absolute Gasteiger partial charge is 0.493 e. The molecular weight excluding hydrogens is 426 g/mol. The van der Waals surface area contributed by atoms with Crippen molar-refractivity contribution >= 4 is 23.4 Å². The lowest BCUT2D eigenvalue weighted by Crippen LogP contribution is -2.51. The minimum atomic E-state index is -0.761. The van der Waals surface area contributed by atoms with E-state index in [-0.39, 0.29) is 30.4 Å². The average Bonchev–Trinajstić information content (AvgIpc) is 3.46. The summed E-state index contributed by atoms with van der Waals surface area (Å²) in [5.74, 6) is -0.198. The molecule has 9 nitrogen and oxygen atoms in total. The molecule has 1 fully saturated rings. The molecule has 2 aromatic rings. The van der Waals surface area contributed by atoms with E-state index in [1.807, 2.05) is 0 Å². The lowest BCUT2D eigenvalue weighted by molar-refractivity contribution is -0.122. The molecule has 3 aliphatic rings. The highest BCUT2D eigenvalue weighted by Crippen LogP contribution is 2.49. The number of para-hydroxylation sites is 1. The van der Waals surface area contributed by atoms with Crippen LogP contribution in [-0.2, 0) is 9.53 Å². The van der Waals surface area contributed by atoms with Crippen LogP contribution in [0.5, 0.6) is 11.5 Å². The van der Waals surface area contributed by atoms with E-state index in [1.165, 1.54) is 19.1 Å². The number of methoxy groups -OCH3 is 2. The molecule has 0 unspecified atom stereocenters. The van der Waals surface area contributed by atoms with E-state index >= 15 is 0 Å². The van der Waals surface area contributed by atoms with Crippen molar-refractivity contribution in [2.75, 3.05) is 38.8 Å². The lowest BCUT2D eigenvalue weighted by Gasteiger charge is -2.40. The first kappa shape index (κ1) is 21.3. The molecule has 2 atom stereocenters. The molecular formula is C24H25N3O6. The van der Waals surface area contributed by atoms with E-state index in [2.05, 4.69) is 5.32 Å². The Kier molecular flexibility index (Phi) is 5.41. The molecule has 3 aliphatic heterocycles. The van der Waals surface area contributed by atoms with Gasteiger partial charge in [-0.05, 0) is 31.0 Å². The van der Waals surface area contributed by atoms with Crippen molar-refractivity contribution in [1.82, 2.24) is 10.2 Å². The van der Waals surface area contributed by atoms with Crippen LogP contribution in [0.3, 0.4) is 0 Å². The fourth-order valence-electron chi connectivity index (χ4n) is 4.83. The molecule has 0 radical (unpaired) electrons. The summed E-state index contributed by atoms with van der Waals surface area (Å²) in [5, 5.41) is 2.87. The highest BCUT2D eigenvalue weighted by atomic mass is 16.5. The van der Waals surface area contributed by atoms with Gasteiger partial charge in [0.15, 0.2) is 11.5 Å². The Morgan fingerprint density at radius 1 is 1.12 bits per heavy atom. The summed E-state index contributed by atoms with van der Waals surface area (Å²) in [4.78, 5) is 42.9. The molecule has 0 saturated carbocycles. The molecule has 0 aliphatic carbocycles. The number of hydrogen-bond acceptors (Lipinski definition) is 6.